The number of hydrogen-bond donors (Lipinski definition) is 2. The standard InChI is InChI=1S/C22H22N4O3/c1-14(27)15-7-6-10-17(13-15)24-21(28)19-18-11-4-5-12-26(18)20(25-19)22(29)23-16-8-2-3-9-16/h4-7,10-13,16H,2-3,8-9H2,1H3,(H,23,29)(H,24,28). The molecule has 0 spiro atoms. The number of rotatable bonds is 5. The summed E-state index contributed by atoms with van der Waals surface area (Å²) in [6, 6.07) is 12.2. The van der Waals surface area contributed by atoms with Gasteiger partial charge in [0.25, 0.3) is 11.8 Å². The number of fused-ring (bicyclic) bond motifs is 1. The molecule has 4 rings (SSSR count). The van der Waals surface area contributed by atoms with E-state index in [0.717, 1.165) is 25.7 Å². The minimum atomic E-state index is -0.436. The number of benzene rings is 1. The van der Waals surface area contributed by atoms with E-state index in [1.807, 2.05) is 0 Å². The molecule has 2 amide bonds. The van der Waals surface area contributed by atoms with E-state index in [0.29, 0.717) is 16.8 Å². The molecule has 1 aliphatic rings. The summed E-state index contributed by atoms with van der Waals surface area (Å²) in [5, 5.41) is 5.79. The quantitative estimate of drug-likeness (QED) is 0.653. The summed E-state index contributed by atoms with van der Waals surface area (Å²) in [5.74, 6) is -0.611. The highest BCUT2D eigenvalue weighted by Crippen LogP contribution is 2.20. The minimum absolute atomic E-state index is 0.0839. The van der Waals surface area contributed by atoms with E-state index in [-0.39, 0.29) is 29.3 Å². The van der Waals surface area contributed by atoms with Gasteiger partial charge in [0.2, 0.25) is 5.82 Å². The van der Waals surface area contributed by atoms with E-state index in [9.17, 15) is 14.4 Å². The molecule has 1 fully saturated rings. The zero-order chi connectivity index (χ0) is 20.4. The van der Waals surface area contributed by atoms with Crippen LogP contribution in [-0.2, 0) is 0 Å². The highest BCUT2D eigenvalue weighted by Gasteiger charge is 2.24. The van der Waals surface area contributed by atoms with Crippen LogP contribution in [0.3, 0.4) is 0 Å². The van der Waals surface area contributed by atoms with E-state index >= 15 is 0 Å². The van der Waals surface area contributed by atoms with Crippen LogP contribution in [0.1, 0.15) is 64.1 Å². The lowest BCUT2D eigenvalue weighted by Crippen LogP contribution is -2.33. The monoisotopic (exact) mass is 390 g/mol. The molecule has 29 heavy (non-hydrogen) atoms. The fourth-order valence-electron chi connectivity index (χ4n) is 3.69. The van der Waals surface area contributed by atoms with Gasteiger partial charge in [0.15, 0.2) is 11.5 Å². The van der Waals surface area contributed by atoms with Crippen molar-refractivity contribution in [3.05, 3.63) is 65.7 Å². The van der Waals surface area contributed by atoms with Crippen LogP contribution in [-0.4, -0.2) is 33.0 Å². The molecule has 2 N–H and O–H groups in total. The Bertz CT molecular complexity index is 1100. The summed E-state index contributed by atoms with van der Waals surface area (Å²) in [4.78, 5) is 41.6. The van der Waals surface area contributed by atoms with Gasteiger partial charge in [0.1, 0.15) is 0 Å². The van der Waals surface area contributed by atoms with Crippen LogP contribution in [0.25, 0.3) is 5.52 Å². The third-order valence-corrected chi connectivity index (χ3v) is 5.18. The van der Waals surface area contributed by atoms with Gasteiger partial charge in [-0.3, -0.25) is 18.8 Å². The van der Waals surface area contributed by atoms with Crippen LogP contribution in [0.5, 0.6) is 0 Å². The molecule has 2 heterocycles. The SMILES string of the molecule is CC(=O)c1cccc(NC(=O)c2nc(C(=O)NC3CCCC3)n3ccccc23)c1. The van der Waals surface area contributed by atoms with Crippen molar-refractivity contribution < 1.29 is 14.4 Å². The average Bonchev–Trinajstić information content (AvgIpc) is 3.35. The number of nitrogens with zero attached hydrogens (tertiary/aromatic N) is 2. The van der Waals surface area contributed by atoms with Gasteiger partial charge in [-0.2, -0.15) is 0 Å². The maximum atomic E-state index is 12.9. The Kier molecular flexibility index (Phi) is 5.12. The maximum Gasteiger partial charge on any atom is 0.287 e. The first-order valence-electron chi connectivity index (χ1n) is 9.73. The third kappa shape index (κ3) is 3.89. The van der Waals surface area contributed by atoms with Crippen molar-refractivity contribution in [2.24, 2.45) is 0 Å². The fourth-order valence-corrected chi connectivity index (χ4v) is 3.69. The van der Waals surface area contributed by atoms with Gasteiger partial charge in [-0.25, -0.2) is 4.98 Å². The number of carbonyl (C=O) groups excluding carboxylic acids is 3. The first-order valence-corrected chi connectivity index (χ1v) is 9.73. The summed E-state index contributed by atoms with van der Waals surface area (Å²) in [6.45, 7) is 1.47. The van der Waals surface area contributed by atoms with Gasteiger partial charge in [-0.15, -0.1) is 0 Å². The molecule has 7 nitrogen and oxygen atoms in total. The van der Waals surface area contributed by atoms with Gasteiger partial charge in [-0.1, -0.05) is 31.0 Å². The molecule has 0 unspecified atom stereocenters. The molecule has 148 valence electrons. The van der Waals surface area contributed by atoms with Crippen LogP contribution in [0, 0.1) is 0 Å². The lowest BCUT2D eigenvalue weighted by Gasteiger charge is -2.10. The van der Waals surface area contributed by atoms with Crippen LogP contribution >= 0.6 is 0 Å². The minimum Gasteiger partial charge on any atom is -0.347 e. The molecular weight excluding hydrogens is 368 g/mol. The van der Waals surface area contributed by atoms with Crippen molar-refractivity contribution in [1.29, 1.82) is 0 Å². The second-order valence-electron chi connectivity index (χ2n) is 7.29. The Morgan fingerprint density at radius 3 is 2.59 bits per heavy atom. The summed E-state index contributed by atoms with van der Waals surface area (Å²) in [6.07, 6.45) is 5.88. The molecule has 1 aromatic carbocycles. The van der Waals surface area contributed by atoms with Crippen molar-refractivity contribution in [2.75, 3.05) is 5.32 Å². The largest absolute Gasteiger partial charge is 0.347 e. The molecule has 1 aliphatic carbocycles. The van der Waals surface area contributed by atoms with Crippen LogP contribution in [0.15, 0.2) is 48.7 Å². The number of imidazole rings is 1. The number of nitrogens with one attached hydrogen (secondary N) is 2. The summed E-state index contributed by atoms with van der Waals surface area (Å²) in [7, 11) is 0. The molecular formula is C22H22N4O3. The number of ketones is 1. The van der Waals surface area contributed by atoms with Gasteiger partial charge in [0.05, 0.1) is 5.52 Å². The van der Waals surface area contributed by atoms with Gasteiger partial charge in [0, 0.05) is 23.5 Å². The predicted molar refractivity (Wildman–Crippen MR) is 109 cm³/mol. The number of carbonyl (C=O) groups is 3. The number of pyridine rings is 1. The molecule has 7 heteroatoms. The number of amides is 2. The first-order chi connectivity index (χ1) is 14.0. The second kappa shape index (κ2) is 7.87. The van der Waals surface area contributed by atoms with Crippen molar-refractivity contribution >= 4 is 28.8 Å². The molecule has 2 aromatic heterocycles. The van der Waals surface area contributed by atoms with E-state index in [2.05, 4.69) is 15.6 Å². The van der Waals surface area contributed by atoms with Gasteiger partial charge in [-0.05, 0) is 44.0 Å². The lowest BCUT2D eigenvalue weighted by atomic mass is 10.1. The number of Topliss-reactive ketones (excluding diaryl/α,β-unsaturated/α-hetero) is 1. The maximum absolute atomic E-state index is 12.9. The summed E-state index contributed by atoms with van der Waals surface area (Å²) >= 11 is 0. The van der Waals surface area contributed by atoms with Crippen LogP contribution in [0.4, 0.5) is 5.69 Å². The normalized spacial score (nSPS) is 14.1. The first kappa shape index (κ1) is 18.9. The number of hydrogen-bond acceptors (Lipinski definition) is 4. The highest BCUT2D eigenvalue weighted by molar-refractivity contribution is 6.09. The van der Waals surface area contributed by atoms with Crippen molar-refractivity contribution in [2.45, 2.75) is 38.6 Å². The second-order valence-corrected chi connectivity index (χ2v) is 7.29. The van der Waals surface area contributed by atoms with Crippen molar-refractivity contribution in [3.8, 4) is 0 Å². The van der Waals surface area contributed by atoms with Crippen molar-refractivity contribution in [1.82, 2.24) is 14.7 Å². The van der Waals surface area contributed by atoms with E-state index < -0.39 is 5.91 Å². The molecule has 0 radical (unpaired) electrons. The third-order valence-electron chi connectivity index (χ3n) is 5.18. The average molecular weight is 390 g/mol. The zero-order valence-corrected chi connectivity index (χ0v) is 16.1. The zero-order valence-electron chi connectivity index (χ0n) is 16.1. The molecule has 0 aliphatic heterocycles. The lowest BCUT2D eigenvalue weighted by molar-refractivity contribution is 0.0926. The topological polar surface area (TPSA) is 92.6 Å². The molecule has 0 bridgehead atoms. The summed E-state index contributed by atoms with van der Waals surface area (Å²) in [5.41, 5.74) is 1.71. The Labute approximate surface area is 168 Å². The Hall–Kier alpha value is -3.48. The van der Waals surface area contributed by atoms with E-state index in [1.54, 1.807) is 53.1 Å². The fraction of sp³-hybridized carbons (Fsp3) is 0.273. The van der Waals surface area contributed by atoms with Crippen molar-refractivity contribution in [3.63, 3.8) is 0 Å². The van der Waals surface area contributed by atoms with E-state index in [1.165, 1.54) is 6.92 Å². The van der Waals surface area contributed by atoms with Crippen LogP contribution < -0.4 is 10.6 Å². The number of anilines is 1. The van der Waals surface area contributed by atoms with Gasteiger partial charge >= 0.3 is 0 Å². The smallest absolute Gasteiger partial charge is 0.287 e. The van der Waals surface area contributed by atoms with Gasteiger partial charge < -0.3 is 10.6 Å². The Morgan fingerprint density at radius 1 is 1.03 bits per heavy atom. The molecule has 0 atom stereocenters. The Morgan fingerprint density at radius 2 is 1.83 bits per heavy atom. The summed E-state index contributed by atoms with van der Waals surface area (Å²) < 4.78 is 1.63. The number of aromatic nitrogens is 2. The van der Waals surface area contributed by atoms with E-state index in [4.69, 9.17) is 0 Å². The highest BCUT2D eigenvalue weighted by atomic mass is 16.2. The predicted octanol–water partition coefficient (Wildman–Crippen LogP) is 3.46. The van der Waals surface area contributed by atoms with Crippen LogP contribution in [0.2, 0.25) is 0 Å². The molecule has 3 aromatic rings. The Balaban J connectivity index is 1.63. The molecule has 0 saturated heterocycles. The molecule has 1 saturated carbocycles.